The molecule has 8 heteroatoms. The van der Waals surface area contributed by atoms with Crippen molar-refractivity contribution in [3.8, 4) is 34.1 Å². The van der Waals surface area contributed by atoms with Crippen LogP contribution in [0.2, 0.25) is 0 Å². The van der Waals surface area contributed by atoms with E-state index in [1.807, 2.05) is 68.4 Å². The molecule has 4 rings (SSSR count). The van der Waals surface area contributed by atoms with Gasteiger partial charge in [-0.3, -0.25) is 4.79 Å². The third-order valence-electron chi connectivity index (χ3n) is 5.52. The Balaban J connectivity index is 1.76. The van der Waals surface area contributed by atoms with Crippen molar-refractivity contribution in [2.45, 2.75) is 32.5 Å². The predicted octanol–water partition coefficient (Wildman–Crippen LogP) is 5.21. The number of hydrogen-bond acceptors (Lipinski definition) is 7. The van der Waals surface area contributed by atoms with Gasteiger partial charge in [0.05, 0.1) is 26.2 Å². The van der Waals surface area contributed by atoms with Gasteiger partial charge in [0.2, 0.25) is 11.6 Å². The Morgan fingerprint density at radius 2 is 1.74 bits per heavy atom. The zero-order chi connectivity index (χ0) is 24.1. The highest BCUT2D eigenvalue weighted by molar-refractivity contribution is 6.03. The molecule has 0 bridgehead atoms. The summed E-state index contributed by atoms with van der Waals surface area (Å²) in [6.45, 7) is 3.79. The monoisotopic (exact) mass is 462 g/mol. The first kappa shape index (κ1) is 23.3. The molecule has 1 N–H and O–H groups in total. The third kappa shape index (κ3) is 5.02. The van der Waals surface area contributed by atoms with Gasteiger partial charge in [-0.2, -0.15) is 0 Å². The van der Waals surface area contributed by atoms with Crippen molar-refractivity contribution in [3.63, 3.8) is 0 Å². The second-order valence-electron chi connectivity index (χ2n) is 7.80. The van der Waals surface area contributed by atoms with E-state index >= 15 is 0 Å². The molecule has 0 unspecified atom stereocenters. The number of benzene rings is 2. The topological polar surface area (TPSA) is 104 Å². The maximum Gasteiger partial charge on any atom is 0.305 e. The van der Waals surface area contributed by atoms with Gasteiger partial charge in [-0.25, -0.2) is 9.97 Å². The molecular formula is C26H26N2O6. The highest BCUT2D eigenvalue weighted by Crippen LogP contribution is 2.43. The van der Waals surface area contributed by atoms with Gasteiger partial charge in [0.25, 0.3) is 0 Å². The van der Waals surface area contributed by atoms with E-state index in [0.717, 1.165) is 22.4 Å². The Hall–Kier alpha value is -3.91. The molecule has 0 saturated carbocycles. The Morgan fingerprint density at radius 3 is 2.41 bits per heavy atom. The van der Waals surface area contributed by atoms with Crippen LogP contribution in [-0.4, -0.2) is 47.0 Å². The maximum absolute atomic E-state index is 10.8. The SMILES string of the molecule is COc1ccc(-c2c(-c3ccccc3)oc3ncnc(O[C@H](C)[C@@H](C)OCCC(=O)O)c23)cc1. The lowest BCUT2D eigenvalue weighted by Crippen LogP contribution is -2.29. The van der Waals surface area contributed by atoms with Crippen LogP contribution >= 0.6 is 0 Å². The number of methoxy groups -OCH3 is 1. The highest BCUT2D eigenvalue weighted by Gasteiger charge is 2.25. The number of furan rings is 1. The smallest absolute Gasteiger partial charge is 0.305 e. The summed E-state index contributed by atoms with van der Waals surface area (Å²) in [7, 11) is 1.62. The molecule has 4 aromatic rings. The van der Waals surface area contributed by atoms with Crippen molar-refractivity contribution < 1.29 is 28.5 Å². The Morgan fingerprint density at radius 1 is 1.00 bits per heavy atom. The van der Waals surface area contributed by atoms with Gasteiger partial charge in [0.1, 0.15) is 29.3 Å². The molecule has 0 aliphatic rings. The zero-order valence-electron chi connectivity index (χ0n) is 19.2. The van der Waals surface area contributed by atoms with E-state index < -0.39 is 12.1 Å². The van der Waals surface area contributed by atoms with Crippen molar-refractivity contribution in [2.75, 3.05) is 13.7 Å². The van der Waals surface area contributed by atoms with Crippen LogP contribution in [0.1, 0.15) is 20.3 Å². The van der Waals surface area contributed by atoms with Crippen molar-refractivity contribution in [3.05, 3.63) is 60.9 Å². The van der Waals surface area contributed by atoms with Crippen LogP contribution in [0.4, 0.5) is 0 Å². The molecule has 2 heterocycles. The fraction of sp³-hybridized carbons (Fsp3) is 0.269. The van der Waals surface area contributed by atoms with Gasteiger partial charge in [-0.1, -0.05) is 42.5 Å². The number of aliphatic carboxylic acids is 1. The van der Waals surface area contributed by atoms with E-state index in [9.17, 15) is 4.79 Å². The minimum atomic E-state index is -0.908. The minimum Gasteiger partial charge on any atom is -0.497 e. The first-order chi connectivity index (χ1) is 16.5. The van der Waals surface area contributed by atoms with Crippen LogP contribution < -0.4 is 9.47 Å². The maximum atomic E-state index is 10.8. The Kier molecular flexibility index (Phi) is 7.08. The van der Waals surface area contributed by atoms with Crippen molar-refractivity contribution in [1.82, 2.24) is 9.97 Å². The number of nitrogens with zero attached hydrogens (tertiary/aromatic N) is 2. The standard InChI is InChI=1S/C26H26N2O6/c1-16(32-14-13-21(29)30)17(2)33-25-23-22(18-9-11-20(31-3)12-10-18)24(19-7-5-4-6-8-19)34-26(23)28-15-27-25/h4-12,15-17H,13-14H2,1-3H3,(H,29,30)/t16-,17-/m1/s1. The normalized spacial score (nSPS) is 12.9. The summed E-state index contributed by atoms with van der Waals surface area (Å²) in [5, 5.41) is 9.49. The van der Waals surface area contributed by atoms with Crippen molar-refractivity contribution in [1.29, 1.82) is 0 Å². The predicted molar refractivity (Wildman–Crippen MR) is 127 cm³/mol. The first-order valence-electron chi connectivity index (χ1n) is 10.9. The summed E-state index contributed by atoms with van der Waals surface area (Å²) < 4.78 is 23.3. The first-order valence-corrected chi connectivity index (χ1v) is 10.9. The summed E-state index contributed by atoms with van der Waals surface area (Å²) >= 11 is 0. The zero-order valence-corrected chi connectivity index (χ0v) is 19.2. The van der Waals surface area contributed by atoms with Gasteiger partial charge >= 0.3 is 5.97 Å². The molecule has 176 valence electrons. The van der Waals surface area contributed by atoms with Crippen LogP contribution in [0.5, 0.6) is 11.6 Å². The van der Waals surface area contributed by atoms with E-state index in [-0.39, 0.29) is 19.1 Å². The minimum absolute atomic E-state index is 0.0708. The number of carboxylic acids is 1. The summed E-state index contributed by atoms with van der Waals surface area (Å²) in [5.41, 5.74) is 3.01. The second kappa shape index (κ2) is 10.4. The van der Waals surface area contributed by atoms with E-state index in [4.69, 9.17) is 23.7 Å². The molecule has 0 amide bonds. The average molecular weight is 463 g/mol. The quantitative estimate of drug-likeness (QED) is 0.342. The Labute approximate surface area is 197 Å². The molecule has 2 aromatic heterocycles. The molecule has 8 nitrogen and oxygen atoms in total. The van der Waals surface area contributed by atoms with E-state index in [1.165, 1.54) is 6.33 Å². The van der Waals surface area contributed by atoms with E-state index in [1.54, 1.807) is 7.11 Å². The van der Waals surface area contributed by atoms with Crippen molar-refractivity contribution >= 4 is 17.1 Å². The number of ether oxygens (including phenoxy) is 3. The molecule has 0 aliphatic carbocycles. The fourth-order valence-electron chi connectivity index (χ4n) is 3.56. The van der Waals surface area contributed by atoms with Gasteiger partial charge < -0.3 is 23.7 Å². The molecule has 0 fully saturated rings. The van der Waals surface area contributed by atoms with Crippen LogP contribution in [0.3, 0.4) is 0 Å². The number of aromatic nitrogens is 2. The molecule has 2 atom stereocenters. The summed E-state index contributed by atoms with van der Waals surface area (Å²) in [6.07, 6.45) is 0.578. The molecule has 0 aliphatic heterocycles. The second-order valence-corrected chi connectivity index (χ2v) is 7.80. The molecule has 0 spiro atoms. The number of hydrogen-bond donors (Lipinski definition) is 1. The van der Waals surface area contributed by atoms with Gasteiger partial charge in [0, 0.05) is 11.1 Å². The number of rotatable bonds is 10. The number of fused-ring (bicyclic) bond motifs is 1. The summed E-state index contributed by atoms with van der Waals surface area (Å²) in [6, 6.07) is 17.5. The van der Waals surface area contributed by atoms with Crippen LogP contribution in [0.25, 0.3) is 33.6 Å². The van der Waals surface area contributed by atoms with Crippen LogP contribution in [0.15, 0.2) is 65.3 Å². The van der Waals surface area contributed by atoms with Crippen LogP contribution in [-0.2, 0) is 9.53 Å². The highest BCUT2D eigenvalue weighted by atomic mass is 16.5. The lowest BCUT2D eigenvalue weighted by atomic mass is 9.99. The van der Waals surface area contributed by atoms with E-state index in [2.05, 4.69) is 9.97 Å². The number of carboxylic acid groups (broad SMARTS) is 1. The third-order valence-corrected chi connectivity index (χ3v) is 5.52. The van der Waals surface area contributed by atoms with E-state index in [0.29, 0.717) is 22.7 Å². The molecule has 0 radical (unpaired) electrons. The molecule has 2 aromatic carbocycles. The van der Waals surface area contributed by atoms with Crippen LogP contribution in [0, 0.1) is 0 Å². The lowest BCUT2D eigenvalue weighted by Gasteiger charge is -2.21. The molecular weight excluding hydrogens is 436 g/mol. The van der Waals surface area contributed by atoms with Gasteiger partial charge in [-0.05, 0) is 31.5 Å². The Bertz CT molecular complexity index is 1250. The molecule has 34 heavy (non-hydrogen) atoms. The summed E-state index contributed by atoms with van der Waals surface area (Å²) in [5.74, 6) is 0.855. The van der Waals surface area contributed by atoms with Gasteiger partial charge in [-0.15, -0.1) is 0 Å². The molecule has 0 saturated heterocycles. The van der Waals surface area contributed by atoms with Crippen molar-refractivity contribution in [2.24, 2.45) is 0 Å². The lowest BCUT2D eigenvalue weighted by molar-refractivity contribution is -0.139. The average Bonchev–Trinajstić information content (AvgIpc) is 3.25. The summed E-state index contributed by atoms with van der Waals surface area (Å²) in [4.78, 5) is 19.5. The largest absolute Gasteiger partial charge is 0.497 e. The fourth-order valence-corrected chi connectivity index (χ4v) is 3.56. The number of carbonyl (C=O) groups is 1. The van der Waals surface area contributed by atoms with Gasteiger partial charge in [0.15, 0.2) is 0 Å².